The van der Waals surface area contributed by atoms with Crippen molar-refractivity contribution >= 4 is 7.60 Å². The van der Waals surface area contributed by atoms with Crippen LogP contribution in [0.25, 0.3) is 0 Å². The average Bonchev–Trinajstić information content (AvgIpc) is 2.97. The molecule has 0 saturated carbocycles. The van der Waals surface area contributed by atoms with Crippen molar-refractivity contribution in [2.24, 2.45) is 0 Å². The summed E-state index contributed by atoms with van der Waals surface area (Å²) in [5, 5.41) is 10.9. The van der Waals surface area contributed by atoms with Crippen LogP contribution in [0.2, 0.25) is 0 Å². The molecule has 1 unspecified atom stereocenters. The largest absolute Gasteiger partial charge is 0.391 e. The molecule has 0 heterocycles. The molecule has 216 valence electrons. The first-order chi connectivity index (χ1) is 19.4. The predicted octanol–water partition coefficient (Wildman–Crippen LogP) is 6.90. The van der Waals surface area contributed by atoms with E-state index in [1.807, 2.05) is 91.0 Å². The first-order valence-electron chi connectivity index (χ1n) is 13.7. The van der Waals surface area contributed by atoms with Gasteiger partial charge in [-0.1, -0.05) is 91.0 Å². The van der Waals surface area contributed by atoms with Crippen LogP contribution in [0.5, 0.6) is 0 Å². The molecule has 0 aliphatic heterocycles. The van der Waals surface area contributed by atoms with E-state index in [0.29, 0.717) is 0 Å². The lowest BCUT2D eigenvalue weighted by Crippen LogP contribution is -2.47. The predicted molar refractivity (Wildman–Crippen MR) is 157 cm³/mol. The summed E-state index contributed by atoms with van der Waals surface area (Å²) in [6, 6.07) is 29.2. The van der Waals surface area contributed by atoms with Crippen molar-refractivity contribution in [1.82, 2.24) is 0 Å². The fraction of sp³-hybridized carbons (Fsp3) is 0.375. The third-order valence-corrected chi connectivity index (χ3v) is 7.83. The number of hydrogen-bond acceptors (Lipinski definition) is 7. The molecule has 8 heteroatoms. The summed E-state index contributed by atoms with van der Waals surface area (Å²) in [7, 11) is -3.52. The van der Waals surface area contributed by atoms with Crippen LogP contribution in [0.4, 0.5) is 0 Å². The highest BCUT2D eigenvalue weighted by Gasteiger charge is 2.35. The van der Waals surface area contributed by atoms with Gasteiger partial charge in [0.15, 0.2) is 0 Å². The Kier molecular flexibility index (Phi) is 13.8. The zero-order chi connectivity index (χ0) is 28.6. The highest BCUT2D eigenvalue weighted by atomic mass is 31.2. The summed E-state index contributed by atoms with van der Waals surface area (Å²) in [4.78, 5) is 0. The van der Waals surface area contributed by atoms with Gasteiger partial charge in [0, 0.05) is 5.82 Å². The van der Waals surface area contributed by atoms with Crippen LogP contribution in [0.3, 0.4) is 0 Å². The fourth-order valence-electron chi connectivity index (χ4n) is 4.12. The summed E-state index contributed by atoms with van der Waals surface area (Å²) in [5.74, 6) is 1.42. The number of aliphatic hydroxyl groups excluding tert-OH is 1. The van der Waals surface area contributed by atoms with Crippen LogP contribution in [-0.2, 0) is 47.6 Å². The second-order valence-electron chi connectivity index (χ2n) is 9.24. The van der Waals surface area contributed by atoms with Crippen molar-refractivity contribution in [3.8, 4) is 0 Å². The average molecular weight is 569 g/mol. The molecule has 1 N–H and O–H groups in total. The van der Waals surface area contributed by atoms with E-state index in [-0.39, 0.29) is 33.0 Å². The van der Waals surface area contributed by atoms with Crippen LogP contribution in [0.1, 0.15) is 37.5 Å². The van der Waals surface area contributed by atoms with E-state index in [2.05, 4.69) is 0 Å². The molecule has 0 bridgehead atoms. The lowest BCUT2D eigenvalue weighted by atomic mass is 10.0. The van der Waals surface area contributed by atoms with Crippen molar-refractivity contribution in [3.05, 3.63) is 120 Å². The van der Waals surface area contributed by atoms with Gasteiger partial charge in [-0.3, -0.25) is 4.57 Å². The summed E-state index contributed by atoms with van der Waals surface area (Å²) >= 11 is 0. The molecule has 0 amide bonds. The molecular formula is C32H41O7P. The van der Waals surface area contributed by atoms with Gasteiger partial charge in [0.1, 0.15) is 18.3 Å². The molecule has 0 spiro atoms. The molecule has 0 aliphatic rings. The third kappa shape index (κ3) is 10.8. The monoisotopic (exact) mass is 568 g/mol. The first-order valence-corrected chi connectivity index (χ1v) is 15.3. The Morgan fingerprint density at radius 2 is 1.07 bits per heavy atom. The number of aliphatic hydroxyl groups is 1. The van der Waals surface area contributed by atoms with Crippen LogP contribution in [0.15, 0.2) is 103 Å². The molecule has 0 aromatic heterocycles. The van der Waals surface area contributed by atoms with Gasteiger partial charge in [0.05, 0.1) is 39.1 Å². The van der Waals surface area contributed by atoms with Crippen molar-refractivity contribution in [2.45, 2.75) is 65.0 Å². The van der Waals surface area contributed by atoms with Gasteiger partial charge in [0.2, 0.25) is 0 Å². The quantitative estimate of drug-likeness (QED) is 0.167. The molecule has 7 nitrogen and oxygen atoms in total. The van der Waals surface area contributed by atoms with Crippen LogP contribution >= 0.6 is 7.60 Å². The van der Waals surface area contributed by atoms with Crippen LogP contribution < -0.4 is 0 Å². The second kappa shape index (κ2) is 17.3. The van der Waals surface area contributed by atoms with Gasteiger partial charge < -0.3 is 28.4 Å². The molecular weight excluding hydrogens is 527 g/mol. The van der Waals surface area contributed by atoms with Gasteiger partial charge in [-0.15, -0.1) is 0 Å². The fourth-order valence-corrected chi connectivity index (χ4v) is 5.47. The molecule has 0 aliphatic carbocycles. The minimum atomic E-state index is -3.52. The van der Waals surface area contributed by atoms with E-state index in [1.54, 1.807) is 26.8 Å². The molecule has 4 atom stereocenters. The summed E-state index contributed by atoms with van der Waals surface area (Å²) in [6.45, 7) is 6.43. The maximum Gasteiger partial charge on any atom is 0.353 e. The van der Waals surface area contributed by atoms with E-state index < -0.39 is 32.0 Å². The van der Waals surface area contributed by atoms with Crippen LogP contribution in [-0.4, -0.2) is 42.7 Å². The zero-order valence-corrected chi connectivity index (χ0v) is 24.4. The first kappa shape index (κ1) is 31.9. The van der Waals surface area contributed by atoms with Gasteiger partial charge in [0.25, 0.3) is 0 Å². The van der Waals surface area contributed by atoms with Gasteiger partial charge in [-0.2, -0.15) is 0 Å². The Bertz CT molecular complexity index is 1150. The van der Waals surface area contributed by atoms with Gasteiger partial charge >= 0.3 is 7.60 Å². The second-order valence-corrected chi connectivity index (χ2v) is 11.1. The van der Waals surface area contributed by atoms with E-state index in [0.717, 1.165) is 16.7 Å². The SMILES string of the molecule is CCOP(=O)(/C=C/[C@H](OCc1ccccc1)[C@H](OCc1ccccc1)[C@@H](OCc1ccccc1)C(C)O)OCC. The summed E-state index contributed by atoms with van der Waals surface area (Å²) in [5.41, 5.74) is 2.88. The molecule has 3 aromatic carbocycles. The Balaban J connectivity index is 1.95. The summed E-state index contributed by atoms with van der Waals surface area (Å²) in [6.07, 6.45) is -1.54. The minimum Gasteiger partial charge on any atom is -0.391 e. The lowest BCUT2D eigenvalue weighted by molar-refractivity contribution is -0.166. The Morgan fingerprint density at radius 3 is 1.48 bits per heavy atom. The standard InChI is InChI=1S/C32H41O7P/c1-4-38-40(34,39-5-2)22-21-30(35-23-27-15-9-6-10-16-27)32(37-25-29-19-13-8-14-20-29)31(26(3)33)36-24-28-17-11-7-12-18-28/h6-22,26,30-33H,4-5,23-25H2,1-3H3/b22-21+/t26?,30-,31-,32-/m0/s1. The zero-order valence-electron chi connectivity index (χ0n) is 23.5. The lowest BCUT2D eigenvalue weighted by Gasteiger charge is -2.34. The van der Waals surface area contributed by atoms with Gasteiger partial charge in [-0.25, -0.2) is 0 Å². The maximum atomic E-state index is 13.3. The normalized spacial score (nSPS) is 15.1. The number of rotatable bonds is 18. The molecule has 0 radical (unpaired) electrons. The smallest absolute Gasteiger partial charge is 0.353 e. The van der Waals surface area contributed by atoms with Crippen molar-refractivity contribution < 1.29 is 32.9 Å². The molecule has 0 fully saturated rings. The summed E-state index contributed by atoms with van der Waals surface area (Å²) < 4.78 is 43.4. The number of hydrogen-bond donors (Lipinski definition) is 1. The Morgan fingerprint density at radius 1 is 0.675 bits per heavy atom. The Hall–Kier alpha value is -2.61. The molecule has 3 aromatic rings. The highest BCUT2D eigenvalue weighted by Crippen LogP contribution is 2.49. The Labute approximate surface area is 238 Å². The maximum absolute atomic E-state index is 13.3. The third-order valence-electron chi connectivity index (χ3n) is 6.06. The highest BCUT2D eigenvalue weighted by molar-refractivity contribution is 7.57. The number of benzene rings is 3. The van der Waals surface area contributed by atoms with Crippen molar-refractivity contribution in [1.29, 1.82) is 0 Å². The van der Waals surface area contributed by atoms with E-state index in [4.69, 9.17) is 23.3 Å². The van der Waals surface area contributed by atoms with Crippen molar-refractivity contribution in [2.75, 3.05) is 13.2 Å². The van der Waals surface area contributed by atoms with E-state index >= 15 is 0 Å². The topological polar surface area (TPSA) is 83.5 Å². The van der Waals surface area contributed by atoms with Crippen molar-refractivity contribution in [3.63, 3.8) is 0 Å². The van der Waals surface area contributed by atoms with Crippen LogP contribution in [0, 0.1) is 0 Å². The molecule has 40 heavy (non-hydrogen) atoms. The van der Waals surface area contributed by atoms with E-state index in [9.17, 15) is 9.67 Å². The number of ether oxygens (including phenoxy) is 3. The molecule has 0 saturated heterocycles. The van der Waals surface area contributed by atoms with E-state index in [1.165, 1.54) is 5.82 Å². The van der Waals surface area contributed by atoms with Gasteiger partial charge in [-0.05, 0) is 43.5 Å². The minimum absolute atomic E-state index is 0.224. The molecule has 3 rings (SSSR count).